The molecule has 1 N–H and O–H groups in total. The number of nitrogens with one attached hydrogen (secondary N) is 1. The summed E-state index contributed by atoms with van der Waals surface area (Å²) in [6.45, 7) is 0.732. The molecule has 0 bridgehead atoms. The fraction of sp³-hybridized carbons (Fsp3) is 0.286. The SMILES string of the molecule is O=C(Nc1ccc2c(c1)N(C(=O)C1CC1)CCC2)c1cc(-c2ccco2)on1. The molecule has 1 fully saturated rings. The van der Waals surface area contributed by atoms with E-state index >= 15 is 0 Å². The normalized spacial score (nSPS) is 15.9. The number of rotatable bonds is 4. The van der Waals surface area contributed by atoms with Crippen LogP contribution in [0.25, 0.3) is 11.5 Å². The smallest absolute Gasteiger partial charge is 0.277 e. The highest BCUT2D eigenvalue weighted by Crippen LogP contribution is 2.37. The number of aryl methyl sites for hydroxylation is 1. The van der Waals surface area contributed by atoms with Crippen molar-refractivity contribution in [1.82, 2.24) is 5.16 Å². The van der Waals surface area contributed by atoms with E-state index in [0.29, 0.717) is 17.2 Å². The van der Waals surface area contributed by atoms with E-state index in [-0.39, 0.29) is 23.4 Å². The quantitative estimate of drug-likeness (QED) is 0.745. The van der Waals surface area contributed by atoms with Crippen LogP contribution in [0.4, 0.5) is 11.4 Å². The third-order valence-electron chi connectivity index (χ3n) is 5.16. The van der Waals surface area contributed by atoms with Crippen molar-refractivity contribution in [3.05, 3.63) is 53.9 Å². The van der Waals surface area contributed by atoms with Crippen LogP contribution in [0, 0.1) is 5.92 Å². The lowest BCUT2D eigenvalue weighted by Gasteiger charge is -2.30. The summed E-state index contributed by atoms with van der Waals surface area (Å²) >= 11 is 0. The van der Waals surface area contributed by atoms with Crippen molar-refractivity contribution in [2.75, 3.05) is 16.8 Å². The number of hydrogen-bond acceptors (Lipinski definition) is 5. The topological polar surface area (TPSA) is 88.6 Å². The molecule has 3 aromatic rings. The first kappa shape index (κ1) is 16.8. The van der Waals surface area contributed by atoms with Gasteiger partial charge in [-0.2, -0.15) is 0 Å². The lowest BCUT2D eigenvalue weighted by molar-refractivity contribution is -0.119. The molecule has 0 saturated heterocycles. The van der Waals surface area contributed by atoms with E-state index < -0.39 is 0 Å². The Morgan fingerprint density at radius 2 is 2.04 bits per heavy atom. The Kier molecular flexibility index (Phi) is 4.00. The predicted octanol–water partition coefficient (Wildman–Crippen LogP) is 3.88. The number of benzene rings is 1. The highest BCUT2D eigenvalue weighted by molar-refractivity contribution is 6.04. The summed E-state index contributed by atoms with van der Waals surface area (Å²) in [5, 5.41) is 6.66. The molecule has 0 radical (unpaired) electrons. The first-order chi connectivity index (χ1) is 13.7. The van der Waals surface area contributed by atoms with Gasteiger partial charge in [0, 0.05) is 29.9 Å². The van der Waals surface area contributed by atoms with Gasteiger partial charge in [0.2, 0.25) is 11.7 Å². The number of carbonyl (C=O) groups excluding carboxylic acids is 2. The molecule has 5 rings (SSSR count). The fourth-order valence-corrected chi connectivity index (χ4v) is 3.54. The minimum Gasteiger partial charge on any atom is -0.461 e. The highest BCUT2D eigenvalue weighted by atomic mass is 16.5. The van der Waals surface area contributed by atoms with E-state index in [1.54, 1.807) is 12.1 Å². The zero-order valence-corrected chi connectivity index (χ0v) is 15.2. The highest BCUT2D eigenvalue weighted by Gasteiger charge is 2.35. The molecule has 0 unspecified atom stereocenters. The van der Waals surface area contributed by atoms with Gasteiger partial charge in [-0.05, 0) is 55.5 Å². The largest absolute Gasteiger partial charge is 0.461 e. The van der Waals surface area contributed by atoms with Crippen LogP contribution < -0.4 is 10.2 Å². The third kappa shape index (κ3) is 3.09. The Bertz CT molecular complexity index is 1030. The number of hydrogen-bond donors (Lipinski definition) is 1. The number of amides is 2. The molecule has 2 aromatic heterocycles. The van der Waals surface area contributed by atoms with Crippen LogP contribution in [0.2, 0.25) is 0 Å². The lowest BCUT2D eigenvalue weighted by atomic mass is 10.0. The molecule has 0 atom stereocenters. The van der Waals surface area contributed by atoms with Gasteiger partial charge in [0.05, 0.1) is 6.26 Å². The van der Waals surface area contributed by atoms with Crippen LogP contribution in [0.1, 0.15) is 35.3 Å². The first-order valence-corrected chi connectivity index (χ1v) is 9.45. The van der Waals surface area contributed by atoms with Crippen LogP contribution in [-0.2, 0) is 11.2 Å². The Hall–Kier alpha value is -3.35. The van der Waals surface area contributed by atoms with Gasteiger partial charge in [0.1, 0.15) is 0 Å². The van der Waals surface area contributed by atoms with E-state index in [0.717, 1.165) is 43.5 Å². The molecule has 1 aliphatic heterocycles. The maximum Gasteiger partial charge on any atom is 0.277 e. The summed E-state index contributed by atoms with van der Waals surface area (Å²) in [7, 11) is 0. The summed E-state index contributed by atoms with van der Waals surface area (Å²) < 4.78 is 10.4. The van der Waals surface area contributed by atoms with E-state index in [1.807, 2.05) is 23.1 Å². The summed E-state index contributed by atoms with van der Waals surface area (Å²) in [4.78, 5) is 27.0. The van der Waals surface area contributed by atoms with Crippen molar-refractivity contribution < 1.29 is 18.5 Å². The predicted molar refractivity (Wildman–Crippen MR) is 102 cm³/mol. The van der Waals surface area contributed by atoms with Crippen LogP contribution in [0.5, 0.6) is 0 Å². The molecule has 2 amide bonds. The number of furan rings is 1. The monoisotopic (exact) mass is 377 g/mol. The molecule has 28 heavy (non-hydrogen) atoms. The zero-order chi connectivity index (χ0) is 19.1. The second kappa shape index (κ2) is 6.67. The molecule has 7 heteroatoms. The molecule has 0 spiro atoms. The maximum atomic E-state index is 12.6. The van der Waals surface area contributed by atoms with E-state index in [4.69, 9.17) is 8.94 Å². The van der Waals surface area contributed by atoms with Crippen LogP contribution >= 0.6 is 0 Å². The number of aromatic nitrogens is 1. The van der Waals surface area contributed by atoms with Crippen LogP contribution in [-0.4, -0.2) is 23.5 Å². The van der Waals surface area contributed by atoms with Crippen molar-refractivity contribution >= 4 is 23.2 Å². The lowest BCUT2D eigenvalue weighted by Crippen LogP contribution is -2.36. The number of nitrogens with zero attached hydrogens (tertiary/aromatic N) is 2. The van der Waals surface area contributed by atoms with Gasteiger partial charge in [0.15, 0.2) is 11.5 Å². The van der Waals surface area contributed by atoms with Crippen LogP contribution in [0.3, 0.4) is 0 Å². The van der Waals surface area contributed by atoms with Crippen molar-refractivity contribution in [2.24, 2.45) is 5.92 Å². The molecule has 142 valence electrons. The molecule has 1 aliphatic carbocycles. The summed E-state index contributed by atoms with van der Waals surface area (Å²) in [6.07, 6.45) is 5.38. The average molecular weight is 377 g/mol. The van der Waals surface area contributed by atoms with Gasteiger partial charge in [-0.1, -0.05) is 11.2 Å². The van der Waals surface area contributed by atoms with Gasteiger partial charge < -0.3 is 19.2 Å². The Labute approximate surface area is 161 Å². The van der Waals surface area contributed by atoms with Gasteiger partial charge in [0.25, 0.3) is 5.91 Å². The van der Waals surface area contributed by atoms with Gasteiger partial charge in [-0.3, -0.25) is 9.59 Å². The van der Waals surface area contributed by atoms with Gasteiger partial charge in [-0.15, -0.1) is 0 Å². The fourth-order valence-electron chi connectivity index (χ4n) is 3.54. The van der Waals surface area contributed by atoms with Crippen molar-refractivity contribution in [3.63, 3.8) is 0 Å². The summed E-state index contributed by atoms with van der Waals surface area (Å²) in [5.74, 6) is 0.886. The van der Waals surface area contributed by atoms with Crippen molar-refractivity contribution in [2.45, 2.75) is 25.7 Å². The number of fused-ring (bicyclic) bond motifs is 1. The second-order valence-electron chi connectivity index (χ2n) is 7.22. The molecule has 2 aliphatic rings. The second-order valence-corrected chi connectivity index (χ2v) is 7.22. The van der Waals surface area contributed by atoms with E-state index in [9.17, 15) is 9.59 Å². The van der Waals surface area contributed by atoms with E-state index in [2.05, 4.69) is 10.5 Å². The van der Waals surface area contributed by atoms with Crippen molar-refractivity contribution in [3.8, 4) is 11.5 Å². The van der Waals surface area contributed by atoms with Crippen LogP contribution in [0.15, 0.2) is 51.6 Å². The van der Waals surface area contributed by atoms with Gasteiger partial charge >= 0.3 is 0 Å². The van der Waals surface area contributed by atoms with E-state index in [1.165, 1.54) is 12.3 Å². The van der Waals surface area contributed by atoms with Crippen molar-refractivity contribution in [1.29, 1.82) is 0 Å². The zero-order valence-electron chi connectivity index (χ0n) is 15.2. The standard InChI is InChI=1S/C21H19N3O4/c25-20(16-12-19(28-23-16)18-4-2-10-27-18)22-15-8-7-13-3-1-9-24(17(13)11-15)21(26)14-5-6-14/h2,4,7-8,10-12,14H,1,3,5-6,9H2,(H,22,25). The Morgan fingerprint density at radius 1 is 1.14 bits per heavy atom. The Balaban J connectivity index is 1.36. The minimum atomic E-state index is -0.377. The maximum absolute atomic E-state index is 12.6. The van der Waals surface area contributed by atoms with Gasteiger partial charge in [-0.25, -0.2) is 0 Å². The molecule has 7 nitrogen and oxygen atoms in total. The number of anilines is 2. The first-order valence-electron chi connectivity index (χ1n) is 9.45. The average Bonchev–Trinajstić information content (AvgIpc) is 3.19. The molecule has 1 aromatic carbocycles. The summed E-state index contributed by atoms with van der Waals surface area (Å²) in [5.41, 5.74) is 2.83. The molecule has 3 heterocycles. The summed E-state index contributed by atoms with van der Waals surface area (Å²) in [6, 6.07) is 10.7. The number of carbonyl (C=O) groups is 2. The Morgan fingerprint density at radius 3 is 2.82 bits per heavy atom. The molecule has 1 saturated carbocycles. The molecular formula is C21H19N3O4. The third-order valence-corrected chi connectivity index (χ3v) is 5.16. The molecular weight excluding hydrogens is 358 g/mol. The minimum absolute atomic E-state index is 0.162.